The Morgan fingerprint density at radius 1 is 1.24 bits per heavy atom. The molecule has 1 heterocycles. The maximum absolute atomic E-state index is 11.7. The van der Waals surface area contributed by atoms with Gasteiger partial charge in [-0.15, -0.1) is 10.2 Å². The van der Waals surface area contributed by atoms with Crippen molar-refractivity contribution in [2.24, 2.45) is 13.0 Å². The minimum Gasteiger partial charge on any atom is -0.353 e. The first-order valence-electron chi connectivity index (χ1n) is 8.03. The highest BCUT2D eigenvalue weighted by Crippen LogP contribution is 2.27. The minimum atomic E-state index is 0.110. The Bertz CT molecular complexity index is 492. The van der Waals surface area contributed by atoms with Gasteiger partial charge in [0.1, 0.15) is 5.82 Å². The van der Waals surface area contributed by atoms with Crippen LogP contribution in [0.1, 0.15) is 50.8 Å². The van der Waals surface area contributed by atoms with Crippen LogP contribution in [-0.2, 0) is 18.3 Å². The molecule has 2 saturated carbocycles. The molecular formula is C15H24N4OS. The van der Waals surface area contributed by atoms with Crippen molar-refractivity contribution in [2.45, 2.75) is 62.6 Å². The molecule has 0 bridgehead atoms. The monoisotopic (exact) mass is 308 g/mol. The second kappa shape index (κ2) is 6.81. The lowest BCUT2D eigenvalue weighted by Gasteiger charge is -2.20. The third-order valence-corrected chi connectivity index (χ3v) is 5.42. The van der Waals surface area contributed by atoms with Crippen molar-refractivity contribution in [3.63, 3.8) is 0 Å². The van der Waals surface area contributed by atoms with Gasteiger partial charge in [-0.3, -0.25) is 4.79 Å². The van der Waals surface area contributed by atoms with Gasteiger partial charge in [-0.05, 0) is 18.8 Å². The van der Waals surface area contributed by atoms with Crippen molar-refractivity contribution in [3.05, 3.63) is 5.82 Å². The quantitative estimate of drug-likeness (QED) is 0.819. The molecule has 5 nitrogen and oxygen atoms in total. The molecule has 2 aliphatic carbocycles. The maximum atomic E-state index is 11.7. The van der Waals surface area contributed by atoms with Gasteiger partial charge in [0.2, 0.25) is 5.91 Å². The Balaban J connectivity index is 1.50. The van der Waals surface area contributed by atoms with Gasteiger partial charge in [-0.25, -0.2) is 0 Å². The van der Waals surface area contributed by atoms with Gasteiger partial charge in [0.05, 0.1) is 5.75 Å². The second-order valence-electron chi connectivity index (χ2n) is 6.30. The highest BCUT2D eigenvalue weighted by atomic mass is 32.2. The van der Waals surface area contributed by atoms with Crippen LogP contribution in [0.5, 0.6) is 0 Å². The predicted octanol–water partition coefficient (Wildman–Crippen LogP) is 2.31. The van der Waals surface area contributed by atoms with Crippen molar-refractivity contribution in [2.75, 3.05) is 5.75 Å². The fourth-order valence-corrected chi connectivity index (χ4v) is 3.67. The molecule has 0 aliphatic heterocycles. The lowest BCUT2D eigenvalue weighted by atomic mass is 9.87. The van der Waals surface area contributed by atoms with E-state index < -0.39 is 0 Å². The molecule has 2 aliphatic rings. The third-order valence-electron chi connectivity index (χ3n) is 4.40. The number of carbonyl (C=O) groups excluding carboxylic acids is 1. The molecule has 0 atom stereocenters. The van der Waals surface area contributed by atoms with E-state index in [0.717, 1.165) is 36.2 Å². The van der Waals surface area contributed by atoms with Crippen LogP contribution in [0.25, 0.3) is 0 Å². The fraction of sp³-hybridized carbons (Fsp3) is 0.800. The highest BCUT2D eigenvalue weighted by Gasteiger charge is 2.23. The molecule has 0 radical (unpaired) electrons. The van der Waals surface area contributed by atoms with Crippen LogP contribution in [-0.4, -0.2) is 32.5 Å². The van der Waals surface area contributed by atoms with E-state index in [2.05, 4.69) is 20.1 Å². The van der Waals surface area contributed by atoms with Crippen LogP contribution in [0.4, 0.5) is 0 Å². The number of carbonyl (C=O) groups is 1. The van der Waals surface area contributed by atoms with Crippen molar-refractivity contribution < 1.29 is 4.79 Å². The summed E-state index contributed by atoms with van der Waals surface area (Å²) in [6.07, 6.45) is 10.0. The Hall–Kier alpha value is -1.04. The van der Waals surface area contributed by atoms with Gasteiger partial charge in [0.15, 0.2) is 5.16 Å². The summed E-state index contributed by atoms with van der Waals surface area (Å²) in [5.41, 5.74) is 0. The molecule has 0 aromatic carbocycles. The van der Waals surface area contributed by atoms with E-state index in [1.165, 1.54) is 43.9 Å². The van der Waals surface area contributed by atoms with E-state index in [9.17, 15) is 4.79 Å². The van der Waals surface area contributed by atoms with Crippen LogP contribution < -0.4 is 5.32 Å². The maximum Gasteiger partial charge on any atom is 0.230 e. The summed E-state index contributed by atoms with van der Waals surface area (Å²) in [5, 5.41) is 12.4. The molecule has 0 unspecified atom stereocenters. The van der Waals surface area contributed by atoms with E-state index in [1.54, 1.807) is 0 Å². The second-order valence-corrected chi connectivity index (χ2v) is 7.24. The van der Waals surface area contributed by atoms with Gasteiger partial charge >= 0.3 is 0 Å². The van der Waals surface area contributed by atoms with Crippen LogP contribution in [0.2, 0.25) is 0 Å². The zero-order valence-electron chi connectivity index (χ0n) is 12.7. The number of thioether (sulfide) groups is 1. The number of hydrogen-bond acceptors (Lipinski definition) is 4. The van der Waals surface area contributed by atoms with E-state index >= 15 is 0 Å². The smallest absolute Gasteiger partial charge is 0.230 e. The molecular weight excluding hydrogens is 284 g/mol. The standard InChI is InChI=1S/C15H24N4OS/c1-19-13(9-11-5-3-2-4-6-11)17-18-15(19)21-10-14(20)16-12-7-8-12/h11-12H,2-10H2,1H3,(H,16,20). The van der Waals surface area contributed by atoms with Gasteiger partial charge in [0, 0.05) is 19.5 Å². The first-order valence-corrected chi connectivity index (χ1v) is 9.01. The fourth-order valence-electron chi connectivity index (χ4n) is 2.93. The summed E-state index contributed by atoms with van der Waals surface area (Å²) in [6.45, 7) is 0. The minimum absolute atomic E-state index is 0.110. The molecule has 3 rings (SSSR count). The molecule has 1 amide bonds. The normalized spacial score (nSPS) is 19.7. The largest absolute Gasteiger partial charge is 0.353 e. The lowest BCUT2D eigenvalue weighted by Crippen LogP contribution is -2.27. The molecule has 6 heteroatoms. The number of amides is 1. The Morgan fingerprint density at radius 3 is 2.71 bits per heavy atom. The average molecular weight is 308 g/mol. The topological polar surface area (TPSA) is 59.8 Å². The zero-order chi connectivity index (χ0) is 14.7. The van der Waals surface area contributed by atoms with E-state index in [1.807, 2.05) is 7.05 Å². The summed E-state index contributed by atoms with van der Waals surface area (Å²) >= 11 is 1.49. The van der Waals surface area contributed by atoms with Crippen molar-refractivity contribution in [1.29, 1.82) is 0 Å². The average Bonchev–Trinajstić information content (AvgIpc) is 3.24. The number of nitrogens with zero attached hydrogens (tertiary/aromatic N) is 3. The summed E-state index contributed by atoms with van der Waals surface area (Å²) in [4.78, 5) is 11.7. The van der Waals surface area contributed by atoms with Gasteiger partial charge in [-0.1, -0.05) is 43.9 Å². The first-order chi connectivity index (χ1) is 10.2. The number of nitrogens with one attached hydrogen (secondary N) is 1. The molecule has 0 saturated heterocycles. The highest BCUT2D eigenvalue weighted by molar-refractivity contribution is 7.99. The molecule has 0 spiro atoms. The molecule has 21 heavy (non-hydrogen) atoms. The van der Waals surface area contributed by atoms with Crippen LogP contribution in [0, 0.1) is 5.92 Å². The number of hydrogen-bond donors (Lipinski definition) is 1. The van der Waals surface area contributed by atoms with E-state index in [-0.39, 0.29) is 5.91 Å². The summed E-state index contributed by atoms with van der Waals surface area (Å²) in [6, 6.07) is 0.430. The third kappa shape index (κ3) is 4.22. The first kappa shape index (κ1) is 14.9. The molecule has 116 valence electrons. The number of rotatable bonds is 6. The molecule has 1 aromatic heterocycles. The zero-order valence-corrected chi connectivity index (χ0v) is 13.5. The molecule has 2 fully saturated rings. The Morgan fingerprint density at radius 2 is 2.00 bits per heavy atom. The summed E-state index contributed by atoms with van der Waals surface area (Å²) in [5.74, 6) is 2.37. The molecule has 1 aromatic rings. The molecule has 1 N–H and O–H groups in total. The van der Waals surface area contributed by atoms with Crippen LogP contribution >= 0.6 is 11.8 Å². The van der Waals surface area contributed by atoms with Crippen molar-refractivity contribution >= 4 is 17.7 Å². The van der Waals surface area contributed by atoms with E-state index in [4.69, 9.17) is 0 Å². The lowest BCUT2D eigenvalue weighted by molar-refractivity contribution is -0.118. The Kier molecular flexibility index (Phi) is 4.83. The SMILES string of the molecule is Cn1c(CC2CCCCC2)nnc1SCC(=O)NC1CC1. The van der Waals surface area contributed by atoms with Crippen molar-refractivity contribution in [1.82, 2.24) is 20.1 Å². The summed E-state index contributed by atoms with van der Waals surface area (Å²) in [7, 11) is 2.01. The van der Waals surface area contributed by atoms with Gasteiger partial charge < -0.3 is 9.88 Å². The summed E-state index contributed by atoms with van der Waals surface area (Å²) < 4.78 is 2.06. The number of aromatic nitrogens is 3. The van der Waals surface area contributed by atoms with Crippen LogP contribution in [0.15, 0.2) is 5.16 Å². The van der Waals surface area contributed by atoms with Gasteiger partial charge in [0.25, 0.3) is 0 Å². The van der Waals surface area contributed by atoms with Crippen molar-refractivity contribution in [3.8, 4) is 0 Å². The van der Waals surface area contributed by atoms with Crippen LogP contribution in [0.3, 0.4) is 0 Å². The predicted molar refractivity (Wildman–Crippen MR) is 83.2 cm³/mol. The van der Waals surface area contributed by atoms with Gasteiger partial charge in [-0.2, -0.15) is 0 Å². The Labute approximate surface area is 130 Å². The van der Waals surface area contributed by atoms with E-state index in [0.29, 0.717) is 11.8 Å².